The molecule has 0 fully saturated rings. The Labute approximate surface area is 112 Å². The van der Waals surface area contributed by atoms with Crippen molar-refractivity contribution in [2.45, 2.75) is 0 Å². The number of hydrogen-bond acceptors (Lipinski definition) is 4. The maximum atomic E-state index is 12.0. The molecule has 0 aliphatic heterocycles. The normalized spacial score (nSPS) is 9.89. The Hall–Kier alpha value is -1.95. The minimum atomic E-state index is -0.325. The van der Waals surface area contributed by atoms with Crippen molar-refractivity contribution in [2.24, 2.45) is 0 Å². The van der Waals surface area contributed by atoms with Crippen LogP contribution in [0.2, 0.25) is 0 Å². The number of pyridine rings is 2. The highest BCUT2D eigenvalue weighted by Crippen LogP contribution is 2.21. The molecule has 1 N–H and O–H groups in total. The molecule has 0 saturated heterocycles. The first-order valence-electron chi connectivity index (χ1n) is 5.13. The van der Waals surface area contributed by atoms with Crippen LogP contribution in [-0.4, -0.2) is 23.0 Å². The topological polar surface area (TPSA) is 64.1 Å². The molecule has 2 aromatic rings. The third kappa shape index (κ3) is 2.65. The van der Waals surface area contributed by atoms with Crippen molar-refractivity contribution in [3.8, 4) is 5.88 Å². The minimum Gasteiger partial charge on any atom is -0.480 e. The maximum Gasteiger partial charge on any atom is 0.275 e. The lowest BCUT2D eigenvalue weighted by atomic mass is 10.3. The van der Waals surface area contributed by atoms with E-state index in [9.17, 15) is 4.79 Å². The number of anilines is 1. The van der Waals surface area contributed by atoms with Gasteiger partial charge in [0.25, 0.3) is 5.91 Å². The summed E-state index contributed by atoms with van der Waals surface area (Å²) in [6, 6.07) is 6.92. The molecule has 2 aromatic heterocycles. The molecular weight excluding hydrogens is 298 g/mol. The van der Waals surface area contributed by atoms with Crippen LogP contribution in [0.5, 0.6) is 5.88 Å². The van der Waals surface area contributed by atoms with Gasteiger partial charge in [-0.25, -0.2) is 9.97 Å². The van der Waals surface area contributed by atoms with E-state index in [1.165, 1.54) is 7.11 Å². The van der Waals surface area contributed by atoms with Crippen LogP contribution in [0.15, 0.2) is 41.1 Å². The number of ether oxygens (including phenoxy) is 1. The fourth-order valence-corrected chi connectivity index (χ4v) is 1.82. The van der Waals surface area contributed by atoms with E-state index in [1.54, 1.807) is 36.7 Å². The average molecular weight is 308 g/mol. The second kappa shape index (κ2) is 5.59. The molecule has 0 radical (unpaired) electrons. The Morgan fingerprint density at radius 1 is 1.28 bits per heavy atom. The highest BCUT2D eigenvalue weighted by molar-refractivity contribution is 9.10. The summed E-state index contributed by atoms with van der Waals surface area (Å²) in [5.41, 5.74) is 0.811. The number of carbonyl (C=O) groups is 1. The summed E-state index contributed by atoms with van der Waals surface area (Å²) < 4.78 is 5.68. The van der Waals surface area contributed by atoms with Crippen LogP contribution in [0.25, 0.3) is 0 Å². The summed E-state index contributed by atoms with van der Waals surface area (Å²) in [6.45, 7) is 0. The highest BCUT2D eigenvalue weighted by Gasteiger charge is 2.13. The summed E-state index contributed by atoms with van der Waals surface area (Å²) in [7, 11) is 1.49. The Balaban J connectivity index is 2.24. The van der Waals surface area contributed by atoms with Gasteiger partial charge in [-0.2, -0.15) is 0 Å². The summed E-state index contributed by atoms with van der Waals surface area (Å²) >= 11 is 3.28. The quantitative estimate of drug-likeness (QED) is 0.946. The number of nitrogens with one attached hydrogen (secondary N) is 1. The zero-order valence-electron chi connectivity index (χ0n) is 9.55. The first-order valence-corrected chi connectivity index (χ1v) is 5.92. The van der Waals surface area contributed by atoms with Crippen molar-refractivity contribution in [2.75, 3.05) is 12.4 Å². The highest BCUT2D eigenvalue weighted by atomic mass is 79.9. The summed E-state index contributed by atoms with van der Waals surface area (Å²) in [5, 5.41) is 2.70. The van der Waals surface area contributed by atoms with Gasteiger partial charge >= 0.3 is 0 Å². The first-order chi connectivity index (χ1) is 8.72. The molecule has 0 bridgehead atoms. The number of methoxy groups -OCH3 is 1. The molecule has 5 nitrogen and oxygen atoms in total. The SMILES string of the molecule is COc1ncccc1NC(=O)c1ncccc1Br. The van der Waals surface area contributed by atoms with Crippen molar-refractivity contribution in [3.63, 3.8) is 0 Å². The molecular formula is C12H10BrN3O2. The standard InChI is InChI=1S/C12H10BrN3O2/c1-18-12-9(5-3-7-15-12)16-11(17)10-8(13)4-2-6-14-10/h2-7H,1H3,(H,16,17). The zero-order chi connectivity index (χ0) is 13.0. The molecule has 6 heteroatoms. The van der Waals surface area contributed by atoms with E-state index >= 15 is 0 Å². The predicted molar refractivity (Wildman–Crippen MR) is 70.7 cm³/mol. The van der Waals surface area contributed by atoms with E-state index in [-0.39, 0.29) is 5.91 Å². The van der Waals surface area contributed by atoms with Gasteiger partial charge in [0.1, 0.15) is 11.4 Å². The monoisotopic (exact) mass is 307 g/mol. The Kier molecular flexibility index (Phi) is 3.88. The third-order valence-electron chi connectivity index (χ3n) is 2.19. The fourth-order valence-electron chi connectivity index (χ4n) is 1.38. The van der Waals surface area contributed by atoms with Gasteiger partial charge < -0.3 is 10.1 Å². The fraction of sp³-hybridized carbons (Fsp3) is 0.0833. The third-order valence-corrected chi connectivity index (χ3v) is 2.83. The van der Waals surface area contributed by atoms with Crippen LogP contribution in [0.1, 0.15) is 10.5 Å². The largest absolute Gasteiger partial charge is 0.480 e. The second-order valence-electron chi connectivity index (χ2n) is 3.35. The Bertz CT molecular complexity index is 575. The van der Waals surface area contributed by atoms with Gasteiger partial charge in [-0.05, 0) is 40.2 Å². The van der Waals surface area contributed by atoms with E-state index < -0.39 is 0 Å². The van der Waals surface area contributed by atoms with E-state index in [0.717, 1.165) is 0 Å². The second-order valence-corrected chi connectivity index (χ2v) is 4.20. The van der Waals surface area contributed by atoms with E-state index in [2.05, 4.69) is 31.2 Å². The van der Waals surface area contributed by atoms with Gasteiger partial charge in [0, 0.05) is 16.9 Å². The molecule has 0 aliphatic carbocycles. The predicted octanol–water partition coefficient (Wildman–Crippen LogP) is 2.50. The Morgan fingerprint density at radius 2 is 2.00 bits per heavy atom. The van der Waals surface area contributed by atoms with E-state index in [1.807, 2.05) is 0 Å². The first kappa shape index (κ1) is 12.5. The van der Waals surface area contributed by atoms with Gasteiger partial charge in [-0.15, -0.1) is 0 Å². The molecule has 0 atom stereocenters. The molecule has 0 aliphatic rings. The molecule has 92 valence electrons. The number of nitrogens with zero attached hydrogens (tertiary/aromatic N) is 2. The van der Waals surface area contributed by atoms with Crippen LogP contribution in [-0.2, 0) is 0 Å². The number of carbonyl (C=O) groups excluding carboxylic acids is 1. The Morgan fingerprint density at radius 3 is 2.72 bits per heavy atom. The molecule has 0 spiro atoms. The number of aromatic nitrogens is 2. The van der Waals surface area contributed by atoms with E-state index in [4.69, 9.17) is 4.74 Å². The molecule has 0 saturated carbocycles. The van der Waals surface area contributed by atoms with Crippen LogP contribution in [0.4, 0.5) is 5.69 Å². The number of rotatable bonds is 3. The molecule has 0 unspecified atom stereocenters. The smallest absolute Gasteiger partial charge is 0.275 e. The lowest BCUT2D eigenvalue weighted by molar-refractivity contribution is 0.102. The van der Waals surface area contributed by atoms with E-state index in [0.29, 0.717) is 21.7 Å². The minimum absolute atomic E-state index is 0.309. The lowest BCUT2D eigenvalue weighted by Crippen LogP contribution is -2.15. The number of hydrogen-bond donors (Lipinski definition) is 1. The maximum absolute atomic E-state index is 12.0. The number of amides is 1. The molecule has 2 rings (SSSR count). The van der Waals surface area contributed by atoms with Crippen LogP contribution >= 0.6 is 15.9 Å². The summed E-state index contributed by atoms with van der Waals surface area (Å²) in [4.78, 5) is 20.0. The number of halogens is 1. The van der Waals surface area contributed by atoms with Gasteiger partial charge in [0.2, 0.25) is 5.88 Å². The van der Waals surface area contributed by atoms with Crippen molar-refractivity contribution < 1.29 is 9.53 Å². The summed E-state index contributed by atoms with van der Waals surface area (Å²) in [6.07, 6.45) is 3.14. The zero-order valence-corrected chi connectivity index (χ0v) is 11.1. The van der Waals surface area contributed by atoms with Crippen LogP contribution in [0.3, 0.4) is 0 Å². The van der Waals surface area contributed by atoms with Gasteiger partial charge in [0.15, 0.2) is 0 Å². The average Bonchev–Trinajstić information content (AvgIpc) is 2.39. The van der Waals surface area contributed by atoms with Gasteiger partial charge in [-0.3, -0.25) is 4.79 Å². The van der Waals surface area contributed by atoms with Gasteiger partial charge in [-0.1, -0.05) is 0 Å². The lowest BCUT2D eigenvalue weighted by Gasteiger charge is -2.08. The molecule has 1 amide bonds. The van der Waals surface area contributed by atoms with Crippen LogP contribution in [0, 0.1) is 0 Å². The van der Waals surface area contributed by atoms with Crippen molar-refractivity contribution in [3.05, 3.63) is 46.8 Å². The van der Waals surface area contributed by atoms with Crippen LogP contribution < -0.4 is 10.1 Å². The molecule has 2 heterocycles. The van der Waals surface area contributed by atoms with Gasteiger partial charge in [0.05, 0.1) is 7.11 Å². The molecule has 0 aromatic carbocycles. The van der Waals surface area contributed by atoms with Crippen molar-refractivity contribution in [1.82, 2.24) is 9.97 Å². The summed E-state index contributed by atoms with van der Waals surface area (Å²) in [5.74, 6) is 0.0340. The van der Waals surface area contributed by atoms with Crippen molar-refractivity contribution in [1.29, 1.82) is 0 Å². The van der Waals surface area contributed by atoms with Crippen molar-refractivity contribution >= 4 is 27.5 Å². The molecule has 18 heavy (non-hydrogen) atoms.